The summed E-state index contributed by atoms with van der Waals surface area (Å²) in [4.78, 5) is 24.9. The number of carbonyl (C=O) groups is 2. The van der Waals surface area contributed by atoms with Crippen LogP contribution in [0.4, 0.5) is 0 Å². The Morgan fingerprint density at radius 3 is 3.00 bits per heavy atom. The van der Waals surface area contributed by atoms with E-state index in [1.165, 1.54) is 13.2 Å². The van der Waals surface area contributed by atoms with Crippen molar-refractivity contribution >= 4 is 11.9 Å². The molecule has 110 valence electrons. The van der Waals surface area contributed by atoms with Crippen LogP contribution in [0.1, 0.15) is 19.8 Å². The van der Waals surface area contributed by atoms with Gasteiger partial charge in [-0.2, -0.15) is 5.26 Å². The van der Waals surface area contributed by atoms with E-state index < -0.39 is 12.0 Å². The van der Waals surface area contributed by atoms with Crippen LogP contribution in [-0.4, -0.2) is 49.7 Å². The fraction of sp³-hybridized carbons (Fsp3) is 0.615. The molecular weight excluding hydrogens is 262 g/mol. The summed E-state index contributed by atoms with van der Waals surface area (Å²) < 4.78 is 9.59. The van der Waals surface area contributed by atoms with Crippen molar-refractivity contribution < 1.29 is 19.1 Å². The zero-order valence-corrected chi connectivity index (χ0v) is 11.7. The van der Waals surface area contributed by atoms with Gasteiger partial charge in [-0.3, -0.25) is 0 Å². The van der Waals surface area contributed by atoms with Gasteiger partial charge in [-0.1, -0.05) is 0 Å². The number of nitriles is 1. The number of hydrogen-bond acceptors (Lipinski definition) is 7. The van der Waals surface area contributed by atoms with Crippen LogP contribution in [-0.2, 0) is 19.1 Å². The Morgan fingerprint density at radius 1 is 1.60 bits per heavy atom. The molecular formula is C13H19N3O4. The highest BCUT2D eigenvalue weighted by Gasteiger charge is 2.26. The molecule has 0 saturated carbocycles. The van der Waals surface area contributed by atoms with E-state index in [-0.39, 0.29) is 19.0 Å². The number of nitrogens with one attached hydrogen (secondary N) is 1. The van der Waals surface area contributed by atoms with Gasteiger partial charge in [0.25, 0.3) is 0 Å². The van der Waals surface area contributed by atoms with Gasteiger partial charge in [0.2, 0.25) is 0 Å². The number of rotatable bonds is 5. The van der Waals surface area contributed by atoms with Crippen LogP contribution in [0.2, 0.25) is 0 Å². The van der Waals surface area contributed by atoms with Gasteiger partial charge in [0.05, 0.1) is 25.7 Å². The molecule has 1 fully saturated rings. The second kappa shape index (κ2) is 8.04. The van der Waals surface area contributed by atoms with Crippen molar-refractivity contribution in [2.45, 2.75) is 25.8 Å². The highest BCUT2D eigenvalue weighted by Crippen LogP contribution is 2.13. The Bertz CT molecular complexity index is 428. The largest absolute Gasteiger partial charge is 0.467 e. The maximum absolute atomic E-state index is 11.6. The molecule has 1 aliphatic rings. The highest BCUT2D eigenvalue weighted by molar-refractivity contribution is 5.83. The topological polar surface area (TPSA) is 91.7 Å². The first-order valence-corrected chi connectivity index (χ1v) is 6.44. The summed E-state index contributed by atoms with van der Waals surface area (Å²) in [6.07, 6.45) is 2.32. The molecule has 1 atom stereocenters. The lowest BCUT2D eigenvalue weighted by molar-refractivity contribution is -0.146. The second-order valence-corrected chi connectivity index (χ2v) is 4.28. The molecule has 0 amide bonds. The van der Waals surface area contributed by atoms with E-state index in [1.807, 2.05) is 6.07 Å². The monoisotopic (exact) mass is 281 g/mol. The Labute approximate surface area is 118 Å². The molecule has 1 aliphatic heterocycles. The summed E-state index contributed by atoms with van der Waals surface area (Å²) in [6, 6.07) is 1.41. The van der Waals surface area contributed by atoms with Crippen LogP contribution >= 0.6 is 0 Å². The Kier molecular flexibility index (Phi) is 6.37. The minimum absolute atomic E-state index is 0.0612. The summed E-state index contributed by atoms with van der Waals surface area (Å²) in [5, 5.41) is 11.4. The summed E-state index contributed by atoms with van der Waals surface area (Å²) in [5.74, 6) is -0.361. The standard InChI is InChI=1S/C13H19N3O4/c1-10(13(18)19-2)16-7-4-6-15-11(16)9-12(17)20-8-3-5-14/h9-10,15H,3-4,6-8H2,1-2H3. The van der Waals surface area contributed by atoms with E-state index in [0.717, 1.165) is 13.0 Å². The predicted molar refractivity (Wildman–Crippen MR) is 70.1 cm³/mol. The van der Waals surface area contributed by atoms with Gasteiger partial charge in [0, 0.05) is 13.1 Å². The fourth-order valence-electron chi connectivity index (χ4n) is 1.87. The summed E-state index contributed by atoms with van der Waals surface area (Å²) in [7, 11) is 1.33. The number of methoxy groups -OCH3 is 1. The maximum atomic E-state index is 11.6. The third-order valence-electron chi connectivity index (χ3n) is 2.91. The van der Waals surface area contributed by atoms with Crippen molar-refractivity contribution in [3.05, 3.63) is 11.9 Å². The molecule has 0 spiro atoms. The molecule has 7 heteroatoms. The van der Waals surface area contributed by atoms with Gasteiger partial charge in [-0.05, 0) is 13.3 Å². The van der Waals surface area contributed by atoms with E-state index in [9.17, 15) is 9.59 Å². The average molecular weight is 281 g/mol. The fourth-order valence-corrected chi connectivity index (χ4v) is 1.87. The Morgan fingerprint density at radius 2 is 2.35 bits per heavy atom. The summed E-state index contributed by atoms with van der Waals surface area (Å²) in [5.41, 5.74) is 0. The number of ether oxygens (including phenoxy) is 2. The van der Waals surface area contributed by atoms with Crippen molar-refractivity contribution in [2.75, 3.05) is 26.8 Å². The van der Waals surface area contributed by atoms with E-state index in [0.29, 0.717) is 12.4 Å². The number of hydrogen-bond donors (Lipinski definition) is 1. The van der Waals surface area contributed by atoms with Gasteiger partial charge in [0.15, 0.2) is 0 Å². The highest BCUT2D eigenvalue weighted by atomic mass is 16.5. The molecule has 0 aromatic rings. The molecule has 0 aromatic heterocycles. The van der Waals surface area contributed by atoms with E-state index in [1.54, 1.807) is 11.8 Å². The minimum Gasteiger partial charge on any atom is -0.467 e. The summed E-state index contributed by atoms with van der Waals surface area (Å²) >= 11 is 0. The first-order chi connectivity index (χ1) is 9.60. The zero-order valence-electron chi connectivity index (χ0n) is 11.7. The molecule has 1 N–H and O–H groups in total. The van der Waals surface area contributed by atoms with Crippen LogP contribution in [0.3, 0.4) is 0 Å². The lowest BCUT2D eigenvalue weighted by Gasteiger charge is -2.35. The van der Waals surface area contributed by atoms with Gasteiger partial charge in [0.1, 0.15) is 18.5 Å². The SMILES string of the molecule is COC(=O)C(C)N1CCCNC1=CC(=O)OCCC#N. The third-order valence-corrected chi connectivity index (χ3v) is 2.91. The molecule has 0 aliphatic carbocycles. The summed E-state index contributed by atoms with van der Waals surface area (Å²) in [6.45, 7) is 3.15. The second-order valence-electron chi connectivity index (χ2n) is 4.28. The Hall–Kier alpha value is -2.23. The van der Waals surface area contributed by atoms with Crippen molar-refractivity contribution in [3.63, 3.8) is 0 Å². The predicted octanol–water partition coefficient (Wildman–Crippen LogP) is 0.141. The van der Waals surface area contributed by atoms with Gasteiger partial charge in [-0.15, -0.1) is 0 Å². The van der Waals surface area contributed by atoms with Crippen LogP contribution in [0.25, 0.3) is 0 Å². The first-order valence-electron chi connectivity index (χ1n) is 6.44. The zero-order chi connectivity index (χ0) is 15.0. The third kappa shape index (κ3) is 4.46. The van der Waals surface area contributed by atoms with Gasteiger partial charge in [-0.25, -0.2) is 9.59 Å². The maximum Gasteiger partial charge on any atom is 0.334 e. The molecule has 0 radical (unpaired) electrons. The van der Waals surface area contributed by atoms with Crippen LogP contribution < -0.4 is 5.32 Å². The molecule has 1 heterocycles. The van der Waals surface area contributed by atoms with Crippen molar-refractivity contribution in [2.24, 2.45) is 0 Å². The number of nitrogens with zero attached hydrogens (tertiary/aromatic N) is 2. The van der Waals surface area contributed by atoms with Crippen molar-refractivity contribution in [1.29, 1.82) is 5.26 Å². The average Bonchev–Trinajstić information content (AvgIpc) is 2.46. The molecule has 0 bridgehead atoms. The number of esters is 2. The molecule has 7 nitrogen and oxygen atoms in total. The first kappa shape index (κ1) is 15.8. The Balaban J connectivity index is 2.70. The van der Waals surface area contributed by atoms with E-state index >= 15 is 0 Å². The molecule has 20 heavy (non-hydrogen) atoms. The molecule has 1 saturated heterocycles. The molecule has 1 rings (SSSR count). The molecule has 1 unspecified atom stereocenters. The lowest BCUT2D eigenvalue weighted by Crippen LogP contribution is -2.47. The van der Waals surface area contributed by atoms with Crippen LogP contribution in [0.5, 0.6) is 0 Å². The van der Waals surface area contributed by atoms with Crippen molar-refractivity contribution in [1.82, 2.24) is 10.2 Å². The van der Waals surface area contributed by atoms with E-state index in [2.05, 4.69) is 5.32 Å². The van der Waals surface area contributed by atoms with E-state index in [4.69, 9.17) is 14.7 Å². The molecule has 0 aromatic carbocycles. The number of carbonyl (C=O) groups excluding carboxylic acids is 2. The van der Waals surface area contributed by atoms with Crippen LogP contribution in [0, 0.1) is 11.3 Å². The minimum atomic E-state index is -0.535. The van der Waals surface area contributed by atoms with Gasteiger partial charge < -0.3 is 19.7 Å². The quantitative estimate of drug-likeness (QED) is 0.435. The lowest BCUT2D eigenvalue weighted by atomic mass is 10.2. The normalized spacial score (nSPS) is 17.9. The van der Waals surface area contributed by atoms with Crippen LogP contribution in [0.15, 0.2) is 11.9 Å². The smallest absolute Gasteiger partial charge is 0.334 e. The van der Waals surface area contributed by atoms with Crippen molar-refractivity contribution in [3.8, 4) is 6.07 Å². The van der Waals surface area contributed by atoms with Gasteiger partial charge >= 0.3 is 11.9 Å².